The van der Waals surface area contributed by atoms with Crippen molar-refractivity contribution < 1.29 is 14.6 Å². The second-order valence-electron chi connectivity index (χ2n) is 8.97. The number of nitrogens with zero attached hydrogens (tertiary/aromatic N) is 3. The molecule has 1 saturated heterocycles. The summed E-state index contributed by atoms with van der Waals surface area (Å²) in [6.45, 7) is 10.4. The maximum Gasteiger partial charge on any atom is 0.337 e. The molecule has 7 nitrogen and oxygen atoms in total. The highest BCUT2D eigenvalue weighted by Gasteiger charge is 2.66. The molecule has 1 N–H and O–H groups in total. The predicted octanol–water partition coefficient (Wildman–Crippen LogP) is 2.57. The number of rotatable bonds is 6. The molecular formula is C22H31N3O4. The summed E-state index contributed by atoms with van der Waals surface area (Å²) in [4.78, 5) is 31.0. The van der Waals surface area contributed by atoms with Gasteiger partial charge in [0.1, 0.15) is 5.82 Å². The van der Waals surface area contributed by atoms with Crippen molar-refractivity contribution in [3.8, 4) is 0 Å². The molecule has 0 saturated carbocycles. The number of aromatic nitrogens is 2. The number of para-hydroxylation sites is 1. The summed E-state index contributed by atoms with van der Waals surface area (Å²) in [7, 11) is 1.30. The summed E-state index contributed by atoms with van der Waals surface area (Å²) >= 11 is 0. The van der Waals surface area contributed by atoms with Gasteiger partial charge in [-0.05, 0) is 24.0 Å². The minimum absolute atomic E-state index is 0.0703. The Balaban J connectivity index is 2.24. The molecule has 1 aliphatic rings. The SMILES string of the molecule is CCC[C@@H](O)[C@]1(C(=O)OC)CN1n1c(C(C)C(C)(C)C)nc2ccccc2c1=O. The summed E-state index contributed by atoms with van der Waals surface area (Å²) < 4.78 is 6.51. The van der Waals surface area contributed by atoms with Gasteiger partial charge in [0, 0.05) is 5.92 Å². The number of aliphatic hydroxyl groups excluding tert-OH is 1. The Morgan fingerprint density at radius 2 is 2.00 bits per heavy atom. The zero-order valence-corrected chi connectivity index (χ0v) is 18.1. The van der Waals surface area contributed by atoms with E-state index in [1.54, 1.807) is 17.1 Å². The van der Waals surface area contributed by atoms with Crippen LogP contribution in [-0.2, 0) is 9.53 Å². The van der Waals surface area contributed by atoms with Gasteiger partial charge in [-0.1, -0.05) is 53.2 Å². The van der Waals surface area contributed by atoms with Crippen molar-refractivity contribution in [2.24, 2.45) is 5.41 Å². The lowest BCUT2D eigenvalue weighted by Gasteiger charge is -2.30. The zero-order valence-electron chi connectivity index (χ0n) is 18.1. The Bertz CT molecular complexity index is 978. The van der Waals surface area contributed by atoms with Gasteiger partial charge < -0.3 is 9.84 Å². The van der Waals surface area contributed by atoms with Gasteiger partial charge in [0.2, 0.25) is 0 Å². The first-order valence-corrected chi connectivity index (χ1v) is 10.2. The molecular weight excluding hydrogens is 370 g/mol. The van der Waals surface area contributed by atoms with Crippen molar-refractivity contribution in [1.82, 2.24) is 9.66 Å². The van der Waals surface area contributed by atoms with Gasteiger partial charge in [-0.15, -0.1) is 0 Å². The quantitative estimate of drug-likeness (QED) is 0.592. The van der Waals surface area contributed by atoms with Crippen LogP contribution in [0.15, 0.2) is 29.1 Å². The first kappa shape index (κ1) is 21.3. The lowest BCUT2D eigenvalue weighted by atomic mass is 9.81. The molecule has 2 aromatic rings. The van der Waals surface area contributed by atoms with Crippen molar-refractivity contribution in [3.05, 3.63) is 40.4 Å². The summed E-state index contributed by atoms with van der Waals surface area (Å²) in [6, 6.07) is 7.20. The number of hydrogen-bond donors (Lipinski definition) is 1. The first-order valence-electron chi connectivity index (χ1n) is 10.2. The van der Waals surface area contributed by atoms with Gasteiger partial charge in [-0.25, -0.2) is 14.5 Å². The van der Waals surface area contributed by atoms with Crippen LogP contribution in [0, 0.1) is 5.41 Å². The van der Waals surface area contributed by atoms with Crippen LogP contribution < -0.4 is 10.6 Å². The van der Waals surface area contributed by atoms with Crippen LogP contribution in [0.25, 0.3) is 10.9 Å². The summed E-state index contributed by atoms with van der Waals surface area (Å²) in [5.41, 5.74) is -1.03. The number of fused-ring (bicyclic) bond motifs is 1. The first-order chi connectivity index (χ1) is 13.6. The second kappa shape index (κ2) is 7.44. The Morgan fingerprint density at radius 1 is 1.34 bits per heavy atom. The molecule has 7 heteroatoms. The largest absolute Gasteiger partial charge is 0.467 e. The fraction of sp³-hybridized carbons (Fsp3) is 0.591. The average molecular weight is 402 g/mol. The van der Waals surface area contributed by atoms with E-state index in [-0.39, 0.29) is 23.4 Å². The van der Waals surface area contributed by atoms with E-state index in [4.69, 9.17) is 9.72 Å². The highest BCUT2D eigenvalue weighted by Crippen LogP contribution is 2.40. The fourth-order valence-electron chi connectivity index (χ4n) is 3.76. The Hall–Kier alpha value is -2.41. The van der Waals surface area contributed by atoms with Gasteiger partial charge in [-0.3, -0.25) is 9.80 Å². The second-order valence-corrected chi connectivity index (χ2v) is 8.97. The van der Waals surface area contributed by atoms with E-state index in [1.165, 1.54) is 11.8 Å². The molecule has 158 valence electrons. The summed E-state index contributed by atoms with van der Waals surface area (Å²) in [6.07, 6.45) is 0.214. The molecule has 1 aromatic heterocycles. The van der Waals surface area contributed by atoms with Crippen LogP contribution >= 0.6 is 0 Å². The van der Waals surface area contributed by atoms with Crippen molar-refractivity contribution in [2.45, 2.75) is 65.0 Å². The van der Waals surface area contributed by atoms with E-state index < -0.39 is 17.6 Å². The van der Waals surface area contributed by atoms with Crippen LogP contribution in [0.1, 0.15) is 59.2 Å². The average Bonchev–Trinajstić information content (AvgIpc) is 3.42. The molecule has 1 aliphatic heterocycles. The number of benzene rings is 1. The number of carbonyl (C=O) groups excluding carboxylic acids is 1. The maximum absolute atomic E-state index is 13.5. The highest BCUT2D eigenvalue weighted by atomic mass is 16.5. The van der Waals surface area contributed by atoms with Crippen LogP contribution in [0.5, 0.6) is 0 Å². The molecule has 3 rings (SSSR count). The highest BCUT2D eigenvalue weighted by molar-refractivity contribution is 5.90. The normalized spacial score (nSPS) is 21.1. The van der Waals surface area contributed by atoms with E-state index in [0.717, 1.165) is 0 Å². The molecule has 1 unspecified atom stereocenters. The fourth-order valence-corrected chi connectivity index (χ4v) is 3.76. The minimum atomic E-state index is -1.26. The van der Waals surface area contributed by atoms with Crippen LogP contribution in [0.4, 0.5) is 0 Å². The van der Waals surface area contributed by atoms with Crippen molar-refractivity contribution in [3.63, 3.8) is 0 Å². The Labute approximate surface area is 171 Å². The lowest BCUT2D eigenvalue weighted by Crippen LogP contribution is -2.48. The van der Waals surface area contributed by atoms with Gasteiger partial charge >= 0.3 is 5.97 Å². The van der Waals surface area contributed by atoms with Gasteiger partial charge in [-0.2, -0.15) is 0 Å². The molecule has 0 amide bonds. The van der Waals surface area contributed by atoms with Gasteiger partial charge in [0.15, 0.2) is 5.54 Å². The number of methoxy groups -OCH3 is 1. The molecule has 2 heterocycles. The van der Waals surface area contributed by atoms with Gasteiger partial charge in [0.05, 0.1) is 30.7 Å². The van der Waals surface area contributed by atoms with E-state index in [9.17, 15) is 14.7 Å². The third-order valence-corrected chi connectivity index (χ3v) is 6.11. The molecule has 0 radical (unpaired) electrons. The Kier molecular flexibility index (Phi) is 5.47. The molecule has 1 fully saturated rings. The van der Waals surface area contributed by atoms with E-state index in [2.05, 4.69) is 20.8 Å². The minimum Gasteiger partial charge on any atom is -0.467 e. The predicted molar refractivity (Wildman–Crippen MR) is 113 cm³/mol. The number of hydrogen-bond acceptors (Lipinski definition) is 6. The number of esters is 1. The topological polar surface area (TPSA) is 84.4 Å². The third kappa shape index (κ3) is 3.41. The molecule has 0 bridgehead atoms. The Morgan fingerprint density at radius 3 is 2.59 bits per heavy atom. The maximum atomic E-state index is 13.5. The molecule has 0 aliphatic carbocycles. The number of ether oxygens (including phenoxy) is 1. The molecule has 29 heavy (non-hydrogen) atoms. The van der Waals surface area contributed by atoms with Crippen LogP contribution in [0.2, 0.25) is 0 Å². The van der Waals surface area contributed by atoms with E-state index in [0.29, 0.717) is 29.6 Å². The van der Waals surface area contributed by atoms with Crippen molar-refractivity contribution >= 4 is 16.9 Å². The summed E-state index contributed by atoms with van der Waals surface area (Å²) in [5, 5.41) is 12.9. The van der Waals surface area contributed by atoms with E-state index in [1.807, 2.05) is 26.0 Å². The molecule has 1 aromatic carbocycles. The zero-order chi connectivity index (χ0) is 21.6. The van der Waals surface area contributed by atoms with Gasteiger partial charge in [0.25, 0.3) is 5.56 Å². The lowest BCUT2D eigenvalue weighted by molar-refractivity contribution is -0.146. The van der Waals surface area contributed by atoms with E-state index >= 15 is 0 Å². The van der Waals surface area contributed by atoms with Crippen LogP contribution in [0.3, 0.4) is 0 Å². The summed E-state index contributed by atoms with van der Waals surface area (Å²) in [5.74, 6) is -0.0254. The van der Waals surface area contributed by atoms with Crippen LogP contribution in [-0.4, -0.2) is 46.0 Å². The molecule has 0 spiro atoms. The smallest absolute Gasteiger partial charge is 0.337 e. The van der Waals surface area contributed by atoms with Crippen molar-refractivity contribution in [1.29, 1.82) is 0 Å². The number of aliphatic hydroxyl groups is 1. The standard InChI is InChI=1S/C22H31N3O4/c1-7-10-17(26)22(20(28)29-6)13-24(22)25-18(14(2)21(3,4)5)23-16-12-9-8-11-15(16)19(25)27/h8-9,11-12,14,17,26H,7,10,13H2,1-6H3/t14?,17-,22+,24?/m1/s1. The van der Waals surface area contributed by atoms with Crippen molar-refractivity contribution in [2.75, 3.05) is 18.7 Å². The molecule has 3 atom stereocenters. The monoisotopic (exact) mass is 401 g/mol. The third-order valence-electron chi connectivity index (χ3n) is 6.11. The number of carbonyl (C=O) groups is 1.